The van der Waals surface area contributed by atoms with E-state index in [1.54, 1.807) is 6.92 Å². The summed E-state index contributed by atoms with van der Waals surface area (Å²) in [6.07, 6.45) is 0.134. The Balaban J connectivity index is 2.20. The molecular formula is C5H10O2. The molecule has 0 spiro atoms. The molecule has 42 valence electrons. The Morgan fingerprint density at radius 2 is 2.14 bits per heavy atom. The lowest BCUT2D eigenvalue weighted by Crippen LogP contribution is -2.09. The zero-order valence-corrected chi connectivity index (χ0v) is 4.59. The summed E-state index contributed by atoms with van der Waals surface area (Å²) in [4.78, 5) is 0. The van der Waals surface area contributed by atoms with Gasteiger partial charge in [-0.05, 0) is 13.8 Å². The van der Waals surface area contributed by atoms with E-state index in [0.717, 1.165) is 0 Å². The van der Waals surface area contributed by atoms with E-state index in [1.165, 1.54) is 0 Å². The number of hydrogen-bond acceptors (Lipinski definition) is 2. The molecular weight excluding hydrogens is 92.1 g/mol. The van der Waals surface area contributed by atoms with E-state index in [9.17, 15) is 0 Å². The predicted molar refractivity (Wildman–Crippen MR) is 26.0 cm³/mol. The van der Waals surface area contributed by atoms with Crippen LogP contribution in [0.4, 0.5) is 0 Å². The Labute approximate surface area is 43.1 Å². The molecule has 1 fully saturated rings. The highest BCUT2D eigenvalue weighted by atomic mass is 16.6. The van der Waals surface area contributed by atoms with Crippen LogP contribution < -0.4 is 0 Å². The second-order valence-electron chi connectivity index (χ2n) is 2.05. The highest BCUT2D eigenvalue weighted by molar-refractivity contribution is 4.84. The third-order valence-corrected chi connectivity index (χ3v) is 1.23. The maximum Gasteiger partial charge on any atom is 0.109 e. The van der Waals surface area contributed by atoms with Crippen molar-refractivity contribution in [3.63, 3.8) is 0 Å². The molecule has 0 bridgehead atoms. The van der Waals surface area contributed by atoms with E-state index >= 15 is 0 Å². The van der Waals surface area contributed by atoms with Crippen molar-refractivity contribution >= 4 is 0 Å². The van der Waals surface area contributed by atoms with Gasteiger partial charge in [0.1, 0.15) is 6.10 Å². The molecule has 0 saturated carbocycles. The summed E-state index contributed by atoms with van der Waals surface area (Å²) in [5.74, 6) is 0. The van der Waals surface area contributed by atoms with Crippen molar-refractivity contribution in [1.82, 2.24) is 0 Å². The van der Waals surface area contributed by atoms with Crippen LogP contribution in [0.1, 0.15) is 13.8 Å². The van der Waals surface area contributed by atoms with Gasteiger partial charge in [0, 0.05) is 0 Å². The molecule has 0 radical (unpaired) electrons. The Morgan fingerprint density at radius 3 is 2.14 bits per heavy atom. The van der Waals surface area contributed by atoms with Crippen molar-refractivity contribution in [2.24, 2.45) is 0 Å². The van der Waals surface area contributed by atoms with E-state index in [1.807, 2.05) is 6.92 Å². The van der Waals surface area contributed by atoms with E-state index in [0.29, 0.717) is 6.10 Å². The first-order valence-electron chi connectivity index (χ1n) is 2.55. The molecule has 2 nitrogen and oxygen atoms in total. The van der Waals surface area contributed by atoms with Gasteiger partial charge in [-0.3, -0.25) is 0 Å². The van der Waals surface area contributed by atoms with E-state index in [-0.39, 0.29) is 12.2 Å². The van der Waals surface area contributed by atoms with Gasteiger partial charge in [-0.15, -0.1) is 0 Å². The van der Waals surface area contributed by atoms with Crippen molar-refractivity contribution in [2.45, 2.75) is 32.2 Å². The maximum atomic E-state index is 8.74. The van der Waals surface area contributed by atoms with Crippen LogP contribution in [0.2, 0.25) is 0 Å². The van der Waals surface area contributed by atoms with Crippen molar-refractivity contribution in [2.75, 3.05) is 0 Å². The van der Waals surface area contributed by atoms with Gasteiger partial charge in [0.05, 0.1) is 12.2 Å². The molecule has 1 saturated heterocycles. The van der Waals surface area contributed by atoms with Gasteiger partial charge in [0.2, 0.25) is 0 Å². The van der Waals surface area contributed by atoms with Gasteiger partial charge < -0.3 is 9.84 Å². The average molecular weight is 102 g/mol. The van der Waals surface area contributed by atoms with Crippen LogP contribution in [-0.4, -0.2) is 23.4 Å². The lowest BCUT2D eigenvalue weighted by molar-refractivity contribution is 0.152. The molecule has 2 heteroatoms. The van der Waals surface area contributed by atoms with Crippen LogP contribution in [0, 0.1) is 0 Å². The minimum absolute atomic E-state index is 0.125. The number of epoxide rings is 1. The van der Waals surface area contributed by atoms with Crippen LogP contribution in [0.25, 0.3) is 0 Å². The molecule has 1 rings (SSSR count). The first kappa shape index (κ1) is 5.06. The van der Waals surface area contributed by atoms with Crippen molar-refractivity contribution in [3.8, 4) is 0 Å². The number of rotatable bonds is 1. The van der Waals surface area contributed by atoms with E-state index < -0.39 is 0 Å². The molecule has 1 aliphatic heterocycles. The zero-order valence-electron chi connectivity index (χ0n) is 4.59. The summed E-state index contributed by atoms with van der Waals surface area (Å²) in [6, 6.07) is 0. The minimum atomic E-state index is -0.282. The van der Waals surface area contributed by atoms with Gasteiger partial charge in [0.25, 0.3) is 0 Å². The van der Waals surface area contributed by atoms with Crippen molar-refractivity contribution in [1.29, 1.82) is 0 Å². The molecule has 3 atom stereocenters. The summed E-state index contributed by atoms with van der Waals surface area (Å²) in [5.41, 5.74) is 0. The van der Waals surface area contributed by atoms with Gasteiger partial charge in [-0.2, -0.15) is 0 Å². The molecule has 0 aromatic heterocycles. The molecule has 1 N–H and O–H groups in total. The van der Waals surface area contributed by atoms with Gasteiger partial charge in [0.15, 0.2) is 0 Å². The normalized spacial score (nSPS) is 43.3. The predicted octanol–water partition coefficient (Wildman–Crippen LogP) is 0.155. The second-order valence-corrected chi connectivity index (χ2v) is 2.05. The molecule has 0 aromatic carbocycles. The number of aliphatic hydroxyl groups excluding tert-OH is 1. The summed E-state index contributed by atoms with van der Waals surface area (Å²) >= 11 is 0. The quantitative estimate of drug-likeness (QED) is 0.478. The van der Waals surface area contributed by atoms with Crippen LogP contribution in [0.3, 0.4) is 0 Å². The largest absolute Gasteiger partial charge is 0.391 e. The Bertz CT molecular complexity index is 70.5. The second kappa shape index (κ2) is 1.46. The van der Waals surface area contributed by atoms with E-state index in [2.05, 4.69) is 0 Å². The molecule has 0 aromatic rings. The van der Waals surface area contributed by atoms with Crippen LogP contribution in [0.15, 0.2) is 0 Å². The van der Waals surface area contributed by atoms with Crippen molar-refractivity contribution < 1.29 is 9.84 Å². The zero-order chi connectivity index (χ0) is 5.44. The lowest BCUT2D eigenvalue weighted by atomic mass is 10.2. The van der Waals surface area contributed by atoms with Crippen molar-refractivity contribution in [3.05, 3.63) is 0 Å². The first-order chi connectivity index (χ1) is 3.22. The van der Waals surface area contributed by atoms with Gasteiger partial charge in [-0.1, -0.05) is 0 Å². The fourth-order valence-corrected chi connectivity index (χ4v) is 0.708. The Morgan fingerprint density at radius 1 is 1.71 bits per heavy atom. The third-order valence-electron chi connectivity index (χ3n) is 1.23. The minimum Gasteiger partial charge on any atom is -0.391 e. The molecule has 0 unspecified atom stereocenters. The molecule has 7 heavy (non-hydrogen) atoms. The van der Waals surface area contributed by atoms with Crippen LogP contribution in [0.5, 0.6) is 0 Å². The average Bonchev–Trinajstić information content (AvgIpc) is 2.17. The summed E-state index contributed by atoms with van der Waals surface area (Å²) in [7, 11) is 0. The first-order valence-corrected chi connectivity index (χ1v) is 2.55. The molecule has 1 heterocycles. The molecule has 0 amide bonds. The SMILES string of the molecule is C[C@H](O)[C@H]1O[C@@H]1C. The number of hydrogen-bond donors (Lipinski definition) is 1. The Hall–Kier alpha value is -0.0800. The summed E-state index contributed by atoms with van der Waals surface area (Å²) in [6.45, 7) is 3.70. The van der Waals surface area contributed by atoms with Crippen LogP contribution in [-0.2, 0) is 4.74 Å². The highest BCUT2D eigenvalue weighted by Gasteiger charge is 2.37. The van der Waals surface area contributed by atoms with E-state index in [4.69, 9.17) is 9.84 Å². The van der Waals surface area contributed by atoms with Gasteiger partial charge in [-0.25, -0.2) is 0 Å². The fourth-order valence-electron chi connectivity index (χ4n) is 0.708. The maximum absolute atomic E-state index is 8.74. The topological polar surface area (TPSA) is 32.8 Å². The summed E-state index contributed by atoms with van der Waals surface area (Å²) < 4.78 is 4.93. The lowest BCUT2D eigenvalue weighted by Gasteiger charge is -1.92. The molecule has 1 aliphatic rings. The molecule has 0 aliphatic carbocycles. The smallest absolute Gasteiger partial charge is 0.109 e. The van der Waals surface area contributed by atoms with Crippen LogP contribution >= 0.6 is 0 Å². The third kappa shape index (κ3) is 0.924. The summed E-state index contributed by atoms with van der Waals surface area (Å²) in [5, 5.41) is 8.74. The fraction of sp³-hybridized carbons (Fsp3) is 1.00. The van der Waals surface area contributed by atoms with Gasteiger partial charge >= 0.3 is 0 Å². The number of aliphatic hydroxyl groups is 1. The monoisotopic (exact) mass is 102 g/mol. The standard InChI is InChI=1S/C5H10O2/c1-3(6)5-4(2)7-5/h3-6H,1-2H3/t3-,4+,5+/m0/s1. The Kier molecular flexibility index (Phi) is 1.05. The highest BCUT2D eigenvalue weighted by Crippen LogP contribution is 2.23. The number of ether oxygens (including phenoxy) is 1.